The molecule has 1 aliphatic carbocycles. The molecule has 0 aromatic carbocycles. The number of aromatic nitrogens is 1. The highest BCUT2D eigenvalue weighted by Crippen LogP contribution is 2.52. The van der Waals surface area contributed by atoms with E-state index in [1.807, 2.05) is 0 Å². The Labute approximate surface area is 93.9 Å². The smallest absolute Gasteiger partial charge is 0.335 e. The lowest BCUT2D eigenvalue weighted by Gasteiger charge is -2.39. The SMILES string of the molecule is O=C(O)c1ccnc(CN2CC3(CC3)C2)c1. The van der Waals surface area contributed by atoms with Crippen molar-refractivity contribution in [2.45, 2.75) is 19.4 Å². The summed E-state index contributed by atoms with van der Waals surface area (Å²) in [6, 6.07) is 3.20. The number of carboxylic acid groups (broad SMARTS) is 1. The van der Waals surface area contributed by atoms with Gasteiger partial charge in [-0.25, -0.2) is 4.79 Å². The quantitative estimate of drug-likeness (QED) is 0.832. The Morgan fingerprint density at radius 1 is 1.50 bits per heavy atom. The molecule has 2 fully saturated rings. The first-order valence-corrected chi connectivity index (χ1v) is 5.58. The fourth-order valence-electron chi connectivity index (χ4n) is 2.43. The lowest BCUT2D eigenvalue weighted by atomic mass is 9.97. The average molecular weight is 218 g/mol. The van der Waals surface area contributed by atoms with E-state index in [0.717, 1.165) is 25.3 Å². The number of nitrogens with zero attached hydrogens (tertiary/aromatic N) is 2. The Hall–Kier alpha value is -1.42. The number of carbonyl (C=O) groups is 1. The number of rotatable bonds is 3. The molecule has 1 aromatic rings. The van der Waals surface area contributed by atoms with Crippen molar-refractivity contribution in [3.63, 3.8) is 0 Å². The van der Waals surface area contributed by atoms with Gasteiger partial charge in [-0.05, 0) is 30.4 Å². The summed E-state index contributed by atoms with van der Waals surface area (Å²) in [5.74, 6) is -0.883. The number of likely N-dealkylation sites (tertiary alicyclic amines) is 1. The van der Waals surface area contributed by atoms with Crippen LogP contribution in [0.15, 0.2) is 18.3 Å². The Kier molecular flexibility index (Phi) is 2.01. The number of aromatic carboxylic acids is 1. The standard InChI is InChI=1S/C12H14N2O2/c15-11(16)9-1-4-13-10(5-9)6-14-7-12(8-14)2-3-12/h1,4-5H,2-3,6-8H2,(H,15,16). The molecular formula is C12H14N2O2. The van der Waals surface area contributed by atoms with Gasteiger partial charge in [0.2, 0.25) is 0 Å². The first-order valence-electron chi connectivity index (χ1n) is 5.58. The summed E-state index contributed by atoms with van der Waals surface area (Å²) in [5, 5.41) is 8.87. The van der Waals surface area contributed by atoms with Crippen molar-refractivity contribution in [2.75, 3.05) is 13.1 Å². The number of carboxylic acids is 1. The first-order chi connectivity index (χ1) is 7.67. The Balaban J connectivity index is 1.65. The van der Waals surface area contributed by atoms with Crippen LogP contribution >= 0.6 is 0 Å². The van der Waals surface area contributed by atoms with E-state index in [0.29, 0.717) is 11.0 Å². The molecule has 16 heavy (non-hydrogen) atoms. The van der Waals surface area contributed by atoms with Crippen molar-refractivity contribution >= 4 is 5.97 Å². The second-order valence-corrected chi connectivity index (χ2v) is 4.99. The van der Waals surface area contributed by atoms with Crippen molar-refractivity contribution in [3.8, 4) is 0 Å². The van der Waals surface area contributed by atoms with Gasteiger partial charge >= 0.3 is 5.97 Å². The molecule has 4 heteroatoms. The molecule has 1 saturated carbocycles. The van der Waals surface area contributed by atoms with Gasteiger partial charge in [0.25, 0.3) is 0 Å². The lowest BCUT2D eigenvalue weighted by Crippen LogP contribution is -2.47. The minimum absolute atomic E-state index is 0.326. The van der Waals surface area contributed by atoms with Crippen molar-refractivity contribution in [1.29, 1.82) is 0 Å². The molecule has 1 aliphatic heterocycles. The Morgan fingerprint density at radius 2 is 2.25 bits per heavy atom. The number of pyridine rings is 1. The third-order valence-electron chi connectivity index (χ3n) is 3.52. The van der Waals surface area contributed by atoms with Crippen LogP contribution in [-0.2, 0) is 6.54 Å². The van der Waals surface area contributed by atoms with Crippen molar-refractivity contribution in [2.24, 2.45) is 5.41 Å². The zero-order valence-corrected chi connectivity index (χ0v) is 9.02. The fraction of sp³-hybridized carbons (Fsp3) is 0.500. The Morgan fingerprint density at radius 3 is 2.88 bits per heavy atom. The van der Waals surface area contributed by atoms with Crippen LogP contribution in [0.25, 0.3) is 0 Å². The number of hydrogen-bond donors (Lipinski definition) is 1. The monoisotopic (exact) mass is 218 g/mol. The van der Waals surface area contributed by atoms with Crippen LogP contribution in [0.3, 0.4) is 0 Å². The van der Waals surface area contributed by atoms with Crippen molar-refractivity contribution in [3.05, 3.63) is 29.6 Å². The van der Waals surface area contributed by atoms with E-state index >= 15 is 0 Å². The highest BCUT2D eigenvalue weighted by atomic mass is 16.4. The third kappa shape index (κ3) is 1.69. The molecule has 0 atom stereocenters. The minimum Gasteiger partial charge on any atom is -0.478 e. The summed E-state index contributed by atoms with van der Waals surface area (Å²) in [7, 11) is 0. The molecule has 1 aromatic heterocycles. The van der Waals surface area contributed by atoms with E-state index < -0.39 is 5.97 Å². The largest absolute Gasteiger partial charge is 0.478 e. The van der Waals surface area contributed by atoms with Gasteiger partial charge < -0.3 is 5.11 Å². The summed E-state index contributed by atoms with van der Waals surface area (Å²) in [6.45, 7) is 3.10. The topological polar surface area (TPSA) is 53.4 Å². The zero-order valence-electron chi connectivity index (χ0n) is 9.02. The van der Waals surface area contributed by atoms with Crippen LogP contribution in [0.1, 0.15) is 28.9 Å². The summed E-state index contributed by atoms with van der Waals surface area (Å²) in [6.07, 6.45) is 4.31. The summed E-state index contributed by atoms with van der Waals surface area (Å²) >= 11 is 0. The van der Waals surface area contributed by atoms with Crippen LogP contribution in [-0.4, -0.2) is 34.0 Å². The van der Waals surface area contributed by atoms with E-state index in [2.05, 4.69) is 9.88 Å². The highest BCUT2D eigenvalue weighted by Gasteiger charge is 2.51. The normalized spacial score (nSPS) is 21.8. The summed E-state index contributed by atoms with van der Waals surface area (Å²) < 4.78 is 0. The molecule has 0 bridgehead atoms. The van der Waals surface area contributed by atoms with Crippen LogP contribution < -0.4 is 0 Å². The van der Waals surface area contributed by atoms with E-state index in [-0.39, 0.29) is 0 Å². The van der Waals surface area contributed by atoms with Crippen molar-refractivity contribution < 1.29 is 9.90 Å². The van der Waals surface area contributed by atoms with Crippen molar-refractivity contribution in [1.82, 2.24) is 9.88 Å². The molecule has 3 rings (SSSR count). The fourth-order valence-corrected chi connectivity index (χ4v) is 2.43. The van der Waals surface area contributed by atoms with E-state index in [9.17, 15) is 4.79 Å². The summed E-state index contributed by atoms with van der Waals surface area (Å²) in [5.41, 5.74) is 1.83. The highest BCUT2D eigenvalue weighted by molar-refractivity contribution is 5.87. The molecular weight excluding hydrogens is 204 g/mol. The van der Waals surface area contributed by atoms with Gasteiger partial charge in [-0.3, -0.25) is 9.88 Å². The predicted octanol–water partition coefficient (Wildman–Crippen LogP) is 1.38. The third-order valence-corrected chi connectivity index (χ3v) is 3.52. The molecule has 1 N–H and O–H groups in total. The minimum atomic E-state index is -0.883. The lowest BCUT2D eigenvalue weighted by molar-refractivity contribution is 0.0688. The average Bonchev–Trinajstić information content (AvgIpc) is 2.98. The maximum absolute atomic E-state index is 10.8. The molecule has 84 valence electrons. The van der Waals surface area contributed by atoms with Crippen LogP contribution in [0, 0.1) is 5.41 Å². The number of hydrogen-bond acceptors (Lipinski definition) is 3. The molecule has 0 radical (unpaired) electrons. The molecule has 2 heterocycles. The van der Waals surface area contributed by atoms with E-state index in [1.54, 1.807) is 12.3 Å². The Bertz CT molecular complexity index is 432. The van der Waals surface area contributed by atoms with Gasteiger partial charge in [-0.15, -0.1) is 0 Å². The summed E-state index contributed by atoms with van der Waals surface area (Å²) in [4.78, 5) is 17.3. The second-order valence-electron chi connectivity index (χ2n) is 4.99. The van der Waals surface area contributed by atoms with Crippen LogP contribution in [0.4, 0.5) is 0 Å². The second kappa shape index (κ2) is 3.28. The molecule has 0 unspecified atom stereocenters. The molecule has 4 nitrogen and oxygen atoms in total. The van der Waals surface area contributed by atoms with Crippen LogP contribution in [0.2, 0.25) is 0 Å². The van der Waals surface area contributed by atoms with Gasteiger partial charge in [0.15, 0.2) is 0 Å². The molecule has 0 amide bonds. The zero-order chi connectivity index (χ0) is 11.2. The van der Waals surface area contributed by atoms with Crippen LogP contribution in [0.5, 0.6) is 0 Å². The van der Waals surface area contributed by atoms with E-state index in [4.69, 9.17) is 5.11 Å². The molecule has 2 aliphatic rings. The maximum Gasteiger partial charge on any atom is 0.335 e. The van der Waals surface area contributed by atoms with Gasteiger partial charge in [0.1, 0.15) is 0 Å². The van der Waals surface area contributed by atoms with Gasteiger partial charge in [0.05, 0.1) is 11.3 Å². The van der Waals surface area contributed by atoms with E-state index in [1.165, 1.54) is 18.9 Å². The maximum atomic E-state index is 10.8. The van der Waals surface area contributed by atoms with Gasteiger partial charge in [-0.2, -0.15) is 0 Å². The molecule has 1 spiro atoms. The first kappa shape index (κ1) is 9.78. The predicted molar refractivity (Wildman–Crippen MR) is 58.1 cm³/mol. The van der Waals surface area contributed by atoms with Gasteiger partial charge in [-0.1, -0.05) is 0 Å². The van der Waals surface area contributed by atoms with Gasteiger partial charge in [0, 0.05) is 25.8 Å². The molecule has 1 saturated heterocycles.